The standard InChI is InChI=1S/C2H4B2/c1-2-3-4-2/h2H,1H3. The fourth-order valence-electron chi connectivity index (χ4n) is 0.111. The van der Waals surface area contributed by atoms with E-state index in [9.17, 15) is 0 Å². The summed E-state index contributed by atoms with van der Waals surface area (Å²) in [6.07, 6.45) is 0. The second kappa shape index (κ2) is 0.540. The van der Waals surface area contributed by atoms with Crippen molar-refractivity contribution < 1.29 is 0 Å². The van der Waals surface area contributed by atoms with Crippen molar-refractivity contribution in [3.8, 4) is 0 Å². The minimum atomic E-state index is 0.833. The van der Waals surface area contributed by atoms with Crippen LogP contribution in [0.2, 0.25) is 5.72 Å². The maximum atomic E-state index is 2.17. The van der Waals surface area contributed by atoms with Gasteiger partial charge in [-0.05, 0) is 0 Å². The number of rotatable bonds is 0. The Bertz CT molecular complexity index is 42.0. The van der Waals surface area contributed by atoms with Crippen molar-refractivity contribution in [1.29, 1.82) is 0 Å². The summed E-state index contributed by atoms with van der Waals surface area (Å²) in [6, 6.07) is 0. The van der Waals surface area contributed by atoms with Gasteiger partial charge in [-0.2, -0.15) is 0 Å². The average molecular weight is 49.7 g/mol. The van der Waals surface area contributed by atoms with E-state index in [0.717, 1.165) is 5.72 Å². The van der Waals surface area contributed by atoms with E-state index >= 15 is 0 Å². The van der Waals surface area contributed by atoms with E-state index in [-0.39, 0.29) is 0 Å². The Balaban J connectivity index is 2.32. The molecule has 1 heterocycles. The average Bonchev–Trinajstić information content (AvgIpc) is 1.75. The van der Waals surface area contributed by atoms with Crippen LogP contribution in [0.1, 0.15) is 6.92 Å². The molecule has 4 heavy (non-hydrogen) atoms. The van der Waals surface area contributed by atoms with Crippen molar-refractivity contribution >= 4 is 13.6 Å². The van der Waals surface area contributed by atoms with Crippen LogP contribution in [0.3, 0.4) is 0 Å². The van der Waals surface area contributed by atoms with Crippen molar-refractivity contribution in [2.75, 3.05) is 0 Å². The molecule has 0 nitrogen and oxygen atoms in total. The van der Waals surface area contributed by atoms with E-state index in [1.165, 1.54) is 0 Å². The van der Waals surface area contributed by atoms with Crippen molar-refractivity contribution in [2.45, 2.75) is 12.6 Å². The normalized spacial score (nSPS) is 18.2. The summed E-state index contributed by atoms with van der Waals surface area (Å²) in [5.74, 6) is 0. The quantitative estimate of drug-likeness (QED) is 0.341. The zero-order chi connectivity index (χ0) is 2.99. The molecule has 0 aliphatic carbocycles. The van der Waals surface area contributed by atoms with Crippen LogP contribution in [0.25, 0.3) is 0 Å². The van der Waals surface area contributed by atoms with Gasteiger partial charge in [-0.15, -0.1) is 0 Å². The van der Waals surface area contributed by atoms with Gasteiger partial charge in [0, 0.05) is 0 Å². The molecular formula is C2H4B2. The summed E-state index contributed by atoms with van der Waals surface area (Å²) in [5.41, 5.74) is 0.833. The first-order valence-electron chi connectivity index (χ1n) is 1.58. The minimum absolute atomic E-state index is 0.833. The number of hydrogen-bond donors (Lipinski definition) is 0. The molecular weight excluding hydrogens is 45.6 g/mol. The molecule has 1 aliphatic heterocycles. The Morgan fingerprint density at radius 1 is 1.50 bits per heavy atom. The van der Waals surface area contributed by atoms with Gasteiger partial charge in [0.15, 0.2) is 0 Å². The molecule has 0 spiro atoms. The van der Waals surface area contributed by atoms with Gasteiger partial charge in [0.25, 0.3) is 0 Å². The first kappa shape index (κ1) is 2.37. The summed E-state index contributed by atoms with van der Waals surface area (Å²) in [7, 11) is 0. The molecule has 0 amide bonds. The molecule has 1 rings (SSSR count). The first-order chi connectivity index (χ1) is 1.89. The van der Waals surface area contributed by atoms with Crippen LogP contribution < -0.4 is 0 Å². The summed E-state index contributed by atoms with van der Waals surface area (Å²) >= 11 is 0. The van der Waals surface area contributed by atoms with Gasteiger partial charge in [0.2, 0.25) is 0 Å². The fraction of sp³-hybridized carbons (Fsp3) is 1.00. The SMILES string of the molecule is CC1B=B1. The monoisotopic (exact) mass is 50.0 g/mol. The van der Waals surface area contributed by atoms with Crippen LogP contribution in [0, 0.1) is 0 Å². The molecule has 0 N–H and O–H groups in total. The Kier molecular flexibility index (Phi) is 0.320. The predicted octanol–water partition coefficient (Wildman–Crippen LogP) is 0.0893. The molecule has 1 aliphatic rings. The molecule has 2 heteroatoms. The second-order valence-corrected chi connectivity index (χ2v) is 1.24. The second-order valence-electron chi connectivity index (χ2n) is 1.24. The Labute approximate surface area is 27.3 Å². The van der Waals surface area contributed by atoms with Gasteiger partial charge < -0.3 is 0 Å². The van der Waals surface area contributed by atoms with Gasteiger partial charge in [-0.25, -0.2) is 0 Å². The van der Waals surface area contributed by atoms with Crippen LogP contribution in [-0.4, -0.2) is 13.6 Å². The third-order valence-electron chi connectivity index (χ3n) is 0.577. The summed E-state index contributed by atoms with van der Waals surface area (Å²) in [4.78, 5) is 0. The van der Waals surface area contributed by atoms with E-state index in [2.05, 4.69) is 20.5 Å². The van der Waals surface area contributed by atoms with Crippen molar-refractivity contribution in [3.63, 3.8) is 0 Å². The van der Waals surface area contributed by atoms with Crippen LogP contribution in [0.4, 0.5) is 0 Å². The molecule has 0 saturated heterocycles. The van der Waals surface area contributed by atoms with E-state index < -0.39 is 0 Å². The first-order valence-corrected chi connectivity index (χ1v) is 1.58. The molecule has 0 aromatic heterocycles. The zero-order valence-corrected chi connectivity index (χ0v) is 2.73. The van der Waals surface area contributed by atoms with Crippen LogP contribution in [0.5, 0.6) is 0 Å². The van der Waals surface area contributed by atoms with Crippen molar-refractivity contribution in [1.82, 2.24) is 0 Å². The fourth-order valence-corrected chi connectivity index (χ4v) is 0.111. The molecule has 0 atom stereocenters. The van der Waals surface area contributed by atoms with E-state index in [0.29, 0.717) is 0 Å². The molecule has 18 valence electrons. The summed E-state index contributed by atoms with van der Waals surface area (Å²) in [5, 5.41) is 0. The van der Waals surface area contributed by atoms with Gasteiger partial charge >= 0.3 is 26.2 Å². The predicted molar refractivity (Wildman–Crippen MR) is 20.9 cm³/mol. The third kappa shape index (κ3) is 0.278. The van der Waals surface area contributed by atoms with Crippen LogP contribution in [0.15, 0.2) is 0 Å². The molecule has 0 fully saturated rings. The van der Waals surface area contributed by atoms with E-state index in [4.69, 9.17) is 0 Å². The molecule has 0 bridgehead atoms. The van der Waals surface area contributed by atoms with E-state index in [1.54, 1.807) is 0 Å². The molecule has 0 unspecified atom stereocenters. The van der Waals surface area contributed by atoms with Gasteiger partial charge in [-0.1, -0.05) is 0 Å². The topological polar surface area (TPSA) is 0 Å². The van der Waals surface area contributed by atoms with Crippen LogP contribution in [-0.2, 0) is 0 Å². The van der Waals surface area contributed by atoms with Gasteiger partial charge in [-0.3, -0.25) is 0 Å². The molecule has 0 radical (unpaired) electrons. The van der Waals surface area contributed by atoms with Crippen LogP contribution >= 0.6 is 0 Å². The van der Waals surface area contributed by atoms with Crippen molar-refractivity contribution in [3.05, 3.63) is 0 Å². The van der Waals surface area contributed by atoms with Gasteiger partial charge in [0.1, 0.15) is 0 Å². The number of hydrogen-bond acceptors (Lipinski definition) is 0. The molecule has 0 aromatic carbocycles. The summed E-state index contributed by atoms with van der Waals surface area (Å²) < 4.78 is 0. The third-order valence-corrected chi connectivity index (χ3v) is 0.577. The van der Waals surface area contributed by atoms with E-state index in [1.807, 2.05) is 0 Å². The van der Waals surface area contributed by atoms with Crippen molar-refractivity contribution in [2.24, 2.45) is 0 Å². The molecule has 0 aromatic rings. The Morgan fingerprint density at radius 2 is 1.75 bits per heavy atom. The summed E-state index contributed by atoms with van der Waals surface area (Å²) in [6.45, 7) is 6.50. The van der Waals surface area contributed by atoms with Gasteiger partial charge in [0.05, 0.1) is 0 Å². The maximum absolute atomic E-state index is 2.17. The Hall–Kier alpha value is 0.130. The zero-order valence-electron chi connectivity index (χ0n) is 2.73. The Morgan fingerprint density at radius 3 is 1.75 bits per heavy atom. The molecule has 0 saturated carbocycles.